The second-order valence-electron chi connectivity index (χ2n) is 4.51. The van der Waals surface area contributed by atoms with Gasteiger partial charge in [0.1, 0.15) is 5.82 Å². The zero-order valence-electron chi connectivity index (χ0n) is 10.3. The maximum Gasteiger partial charge on any atom is 0.253 e. The van der Waals surface area contributed by atoms with Crippen molar-refractivity contribution in [3.8, 4) is 0 Å². The van der Waals surface area contributed by atoms with Crippen LogP contribution in [0.25, 0.3) is 0 Å². The number of likely N-dealkylation sites (tertiary alicyclic amines) is 1. The molecule has 1 saturated heterocycles. The Bertz CT molecular complexity index is 430. The van der Waals surface area contributed by atoms with Gasteiger partial charge < -0.3 is 16.0 Å². The number of carbonyl (C=O) groups is 1. The Morgan fingerprint density at radius 3 is 2.83 bits per heavy atom. The van der Waals surface area contributed by atoms with Crippen LogP contribution in [0.3, 0.4) is 0 Å². The number of hydrogen-bond donors (Lipinski definition) is 2. The van der Waals surface area contributed by atoms with Gasteiger partial charge in [-0.3, -0.25) is 4.79 Å². The van der Waals surface area contributed by atoms with E-state index < -0.39 is 5.82 Å². The smallest absolute Gasteiger partial charge is 0.253 e. The van der Waals surface area contributed by atoms with Crippen LogP contribution in [-0.4, -0.2) is 37.0 Å². The molecule has 0 spiro atoms. The largest absolute Gasteiger partial charge is 0.396 e. The average Bonchev–Trinajstić information content (AvgIpc) is 2.85. The Labute approximate surface area is 106 Å². The van der Waals surface area contributed by atoms with E-state index in [0.717, 1.165) is 19.6 Å². The van der Waals surface area contributed by atoms with E-state index in [9.17, 15) is 9.18 Å². The lowest BCUT2D eigenvalue weighted by Gasteiger charge is -2.15. The lowest BCUT2D eigenvalue weighted by atomic mass is 10.1. The number of rotatable bonds is 4. The van der Waals surface area contributed by atoms with Gasteiger partial charge in [0.25, 0.3) is 5.91 Å². The molecule has 1 fully saturated rings. The Balaban J connectivity index is 1.85. The van der Waals surface area contributed by atoms with E-state index >= 15 is 0 Å². The zero-order chi connectivity index (χ0) is 13.0. The number of nitrogen functional groups attached to an aromatic ring is 1. The van der Waals surface area contributed by atoms with E-state index in [1.807, 2.05) is 0 Å². The zero-order valence-corrected chi connectivity index (χ0v) is 10.3. The van der Waals surface area contributed by atoms with Gasteiger partial charge in [0.15, 0.2) is 0 Å². The van der Waals surface area contributed by atoms with E-state index in [4.69, 9.17) is 5.73 Å². The Kier molecular flexibility index (Phi) is 4.15. The molecule has 1 aromatic carbocycles. The molecular weight excluding hydrogens is 233 g/mol. The van der Waals surface area contributed by atoms with Crippen molar-refractivity contribution >= 4 is 11.6 Å². The van der Waals surface area contributed by atoms with Crippen LogP contribution < -0.4 is 11.1 Å². The van der Waals surface area contributed by atoms with E-state index in [2.05, 4.69) is 10.2 Å². The molecule has 1 aliphatic heterocycles. The number of carbonyl (C=O) groups excluding carboxylic acids is 1. The van der Waals surface area contributed by atoms with E-state index in [0.29, 0.717) is 6.54 Å². The highest BCUT2D eigenvalue weighted by molar-refractivity contribution is 5.99. The molecule has 98 valence electrons. The molecule has 3 N–H and O–H groups in total. The van der Waals surface area contributed by atoms with Crippen molar-refractivity contribution in [1.29, 1.82) is 0 Å². The molecule has 0 atom stereocenters. The molecule has 1 amide bonds. The third-order valence-corrected chi connectivity index (χ3v) is 3.21. The van der Waals surface area contributed by atoms with Gasteiger partial charge >= 0.3 is 0 Å². The summed E-state index contributed by atoms with van der Waals surface area (Å²) in [5, 5.41) is 2.77. The van der Waals surface area contributed by atoms with Gasteiger partial charge in [0, 0.05) is 13.1 Å². The summed E-state index contributed by atoms with van der Waals surface area (Å²) in [6, 6.07) is 4.26. The maximum absolute atomic E-state index is 13.2. The minimum absolute atomic E-state index is 0.0869. The first kappa shape index (κ1) is 12.8. The topological polar surface area (TPSA) is 58.4 Å². The highest BCUT2D eigenvalue weighted by atomic mass is 19.1. The summed E-state index contributed by atoms with van der Waals surface area (Å²) in [4.78, 5) is 14.1. The van der Waals surface area contributed by atoms with Gasteiger partial charge in [0.2, 0.25) is 0 Å². The molecule has 0 unspecified atom stereocenters. The van der Waals surface area contributed by atoms with E-state index in [-0.39, 0.29) is 17.2 Å². The van der Waals surface area contributed by atoms with Crippen LogP contribution >= 0.6 is 0 Å². The molecule has 0 saturated carbocycles. The van der Waals surface area contributed by atoms with Crippen LogP contribution in [0.15, 0.2) is 18.2 Å². The fraction of sp³-hybridized carbons (Fsp3) is 0.462. The number of nitrogens with one attached hydrogen (secondary N) is 1. The number of halogens is 1. The average molecular weight is 251 g/mol. The van der Waals surface area contributed by atoms with Gasteiger partial charge in [-0.1, -0.05) is 6.07 Å². The third-order valence-electron chi connectivity index (χ3n) is 3.21. The maximum atomic E-state index is 13.2. The summed E-state index contributed by atoms with van der Waals surface area (Å²) < 4.78 is 13.2. The van der Waals surface area contributed by atoms with Crippen LogP contribution in [0.1, 0.15) is 23.2 Å². The van der Waals surface area contributed by atoms with Crippen molar-refractivity contribution in [2.24, 2.45) is 0 Å². The highest BCUT2D eigenvalue weighted by Crippen LogP contribution is 2.15. The number of amides is 1. The number of nitrogens with two attached hydrogens (primary N) is 1. The molecule has 0 radical (unpaired) electrons. The van der Waals surface area contributed by atoms with Gasteiger partial charge in [-0.2, -0.15) is 0 Å². The lowest BCUT2D eigenvalue weighted by molar-refractivity contribution is 0.0950. The number of benzene rings is 1. The number of para-hydroxylation sites is 1. The van der Waals surface area contributed by atoms with Crippen molar-refractivity contribution in [3.05, 3.63) is 29.6 Å². The fourth-order valence-corrected chi connectivity index (χ4v) is 2.16. The van der Waals surface area contributed by atoms with E-state index in [1.165, 1.54) is 31.0 Å². The van der Waals surface area contributed by atoms with Crippen molar-refractivity contribution < 1.29 is 9.18 Å². The summed E-state index contributed by atoms with van der Waals surface area (Å²) in [5.74, 6) is -0.867. The summed E-state index contributed by atoms with van der Waals surface area (Å²) in [7, 11) is 0. The standard InChI is InChI=1S/C13H18FN3O/c14-11-5-3-4-10(12(11)15)13(18)16-6-9-17-7-1-2-8-17/h3-5H,1-2,6-9,15H2,(H,16,18). The molecule has 1 aromatic rings. The van der Waals surface area contributed by atoms with E-state index in [1.54, 1.807) is 0 Å². The van der Waals surface area contributed by atoms with Crippen LogP contribution in [-0.2, 0) is 0 Å². The Hall–Kier alpha value is -1.62. The second kappa shape index (κ2) is 5.82. The summed E-state index contributed by atoms with van der Waals surface area (Å²) >= 11 is 0. The molecule has 0 aromatic heterocycles. The van der Waals surface area contributed by atoms with Crippen LogP contribution in [0.5, 0.6) is 0 Å². The molecule has 0 bridgehead atoms. The van der Waals surface area contributed by atoms with Gasteiger partial charge in [-0.25, -0.2) is 4.39 Å². The molecular formula is C13H18FN3O. The number of hydrogen-bond acceptors (Lipinski definition) is 3. The normalized spacial score (nSPS) is 15.8. The quantitative estimate of drug-likeness (QED) is 0.791. The number of nitrogens with zero attached hydrogens (tertiary/aromatic N) is 1. The van der Waals surface area contributed by atoms with Crippen LogP contribution in [0.4, 0.5) is 10.1 Å². The Morgan fingerprint density at radius 2 is 2.11 bits per heavy atom. The number of anilines is 1. The lowest BCUT2D eigenvalue weighted by Crippen LogP contribution is -2.33. The summed E-state index contributed by atoms with van der Waals surface area (Å²) in [6.45, 7) is 3.59. The third kappa shape index (κ3) is 2.98. The van der Waals surface area contributed by atoms with Crippen molar-refractivity contribution in [2.45, 2.75) is 12.8 Å². The first-order valence-corrected chi connectivity index (χ1v) is 6.23. The van der Waals surface area contributed by atoms with Gasteiger partial charge in [-0.05, 0) is 38.1 Å². The monoisotopic (exact) mass is 251 g/mol. The predicted molar refractivity (Wildman–Crippen MR) is 68.8 cm³/mol. The van der Waals surface area contributed by atoms with Gasteiger partial charge in [0.05, 0.1) is 11.3 Å². The molecule has 2 rings (SSSR count). The second-order valence-corrected chi connectivity index (χ2v) is 4.51. The van der Waals surface area contributed by atoms with Gasteiger partial charge in [-0.15, -0.1) is 0 Å². The highest BCUT2D eigenvalue weighted by Gasteiger charge is 2.14. The minimum Gasteiger partial charge on any atom is -0.396 e. The predicted octanol–water partition coefficient (Wildman–Crippen LogP) is 1.23. The van der Waals surface area contributed by atoms with Crippen LogP contribution in [0.2, 0.25) is 0 Å². The van der Waals surface area contributed by atoms with Crippen molar-refractivity contribution in [3.63, 3.8) is 0 Å². The molecule has 0 aliphatic carbocycles. The summed E-state index contributed by atoms with van der Waals surface area (Å²) in [5.41, 5.74) is 5.65. The first-order chi connectivity index (χ1) is 8.68. The molecule has 1 heterocycles. The molecule has 4 nitrogen and oxygen atoms in total. The molecule has 5 heteroatoms. The van der Waals surface area contributed by atoms with Crippen molar-refractivity contribution in [2.75, 3.05) is 31.9 Å². The first-order valence-electron chi connectivity index (χ1n) is 6.23. The SMILES string of the molecule is Nc1c(F)cccc1C(=O)NCCN1CCCC1. The minimum atomic E-state index is -0.554. The summed E-state index contributed by atoms with van der Waals surface area (Å²) in [6.07, 6.45) is 2.45. The molecule has 18 heavy (non-hydrogen) atoms. The van der Waals surface area contributed by atoms with Crippen molar-refractivity contribution in [1.82, 2.24) is 10.2 Å². The molecule has 1 aliphatic rings. The van der Waals surface area contributed by atoms with Crippen LogP contribution in [0, 0.1) is 5.82 Å². The Morgan fingerprint density at radius 1 is 1.39 bits per heavy atom. The fourth-order valence-electron chi connectivity index (χ4n) is 2.16.